The van der Waals surface area contributed by atoms with Gasteiger partial charge in [-0.1, -0.05) is 0 Å². The van der Waals surface area contributed by atoms with Gasteiger partial charge < -0.3 is 5.32 Å². The highest BCUT2D eigenvalue weighted by Crippen LogP contribution is 2.34. The van der Waals surface area contributed by atoms with Crippen molar-refractivity contribution in [2.45, 2.75) is 12.3 Å². The summed E-state index contributed by atoms with van der Waals surface area (Å²) in [5.74, 6) is -0.915. The molecular weight excluding hydrogens is 228 g/mol. The second kappa shape index (κ2) is 3.38. The van der Waals surface area contributed by atoms with Gasteiger partial charge in [-0.3, -0.25) is 0 Å². The smallest absolute Gasteiger partial charge is 0.248 e. The fourth-order valence-electron chi connectivity index (χ4n) is 2.02. The number of hydrogen-bond donors (Lipinski definition) is 1. The maximum absolute atomic E-state index is 12.9. The van der Waals surface area contributed by atoms with Crippen LogP contribution in [0.4, 0.5) is 14.5 Å². The van der Waals surface area contributed by atoms with Crippen LogP contribution in [-0.2, 0) is 0 Å². The van der Waals surface area contributed by atoms with Gasteiger partial charge in [0.1, 0.15) is 6.07 Å². The summed E-state index contributed by atoms with van der Waals surface area (Å²) in [5, 5.41) is 15.6. The van der Waals surface area contributed by atoms with Crippen LogP contribution in [0.5, 0.6) is 0 Å². The van der Waals surface area contributed by atoms with Crippen LogP contribution >= 0.6 is 0 Å². The number of rotatable bonds is 1. The van der Waals surface area contributed by atoms with E-state index in [1.54, 1.807) is 0 Å². The Hall–Kier alpha value is -2.23. The summed E-state index contributed by atoms with van der Waals surface area (Å²) in [4.78, 5) is 4.06. The molecule has 2 aromatic heterocycles. The van der Waals surface area contributed by atoms with Crippen LogP contribution in [0.3, 0.4) is 0 Å². The van der Waals surface area contributed by atoms with E-state index in [-0.39, 0.29) is 12.2 Å². The van der Waals surface area contributed by atoms with Crippen molar-refractivity contribution in [2.75, 3.05) is 11.9 Å². The van der Waals surface area contributed by atoms with Crippen molar-refractivity contribution >= 4 is 11.3 Å². The van der Waals surface area contributed by atoms with Crippen molar-refractivity contribution in [1.29, 1.82) is 5.26 Å². The van der Waals surface area contributed by atoms with Crippen LogP contribution in [0.1, 0.15) is 17.3 Å². The summed E-state index contributed by atoms with van der Waals surface area (Å²) in [6, 6.07) is 3.35. The third kappa shape index (κ3) is 1.34. The largest absolute Gasteiger partial charge is 0.381 e. The molecule has 3 heterocycles. The van der Waals surface area contributed by atoms with Crippen LogP contribution in [0.2, 0.25) is 0 Å². The molecule has 1 atom stereocenters. The molecule has 0 saturated carbocycles. The lowest BCUT2D eigenvalue weighted by Crippen LogP contribution is -2.14. The zero-order valence-electron chi connectivity index (χ0n) is 8.56. The number of fused-ring (bicyclic) bond motifs is 3. The molecule has 0 saturated heterocycles. The van der Waals surface area contributed by atoms with E-state index in [0.717, 1.165) is 0 Å². The van der Waals surface area contributed by atoms with Gasteiger partial charge in [-0.05, 0) is 0 Å². The second-order valence-corrected chi connectivity index (χ2v) is 3.79. The van der Waals surface area contributed by atoms with Gasteiger partial charge in [-0.25, -0.2) is 18.3 Å². The summed E-state index contributed by atoms with van der Waals surface area (Å²) >= 11 is 0. The SMILES string of the molecule is N#Cc1cc2ncc3c(n2n1)C(C(F)F)CN3. The Morgan fingerprint density at radius 2 is 2.41 bits per heavy atom. The van der Waals surface area contributed by atoms with E-state index in [4.69, 9.17) is 5.26 Å². The molecule has 86 valence electrons. The zero-order chi connectivity index (χ0) is 12.0. The molecule has 0 aromatic carbocycles. The van der Waals surface area contributed by atoms with Crippen LogP contribution in [0.25, 0.3) is 5.65 Å². The highest BCUT2D eigenvalue weighted by atomic mass is 19.3. The zero-order valence-corrected chi connectivity index (χ0v) is 8.56. The van der Waals surface area contributed by atoms with Crippen molar-refractivity contribution in [1.82, 2.24) is 14.6 Å². The van der Waals surface area contributed by atoms with Crippen molar-refractivity contribution < 1.29 is 8.78 Å². The number of anilines is 1. The molecule has 0 fully saturated rings. The monoisotopic (exact) mass is 235 g/mol. The Balaban J connectivity index is 2.27. The summed E-state index contributed by atoms with van der Waals surface area (Å²) in [5.41, 5.74) is 1.53. The number of nitrogens with one attached hydrogen (secondary N) is 1. The highest BCUT2D eigenvalue weighted by Gasteiger charge is 2.33. The van der Waals surface area contributed by atoms with Crippen LogP contribution in [-0.4, -0.2) is 27.6 Å². The molecule has 3 rings (SSSR count). The van der Waals surface area contributed by atoms with E-state index in [0.29, 0.717) is 17.0 Å². The number of nitrogens with zero attached hydrogens (tertiary/aromatic N) is 4. The number of nitriles is 1. The third-order valence-corrected chi connectivity index (χ3v) is 2.80. The van der Waals surface area contributed by atoms with Gasteiger partial charge in [0.2, 0.25) is 6.43 Å². The lowest BCUT2D eigenvalue weighted by atomic mass is 10.1. The van der Waals surface area contributed by atoms with E-state index in [2.05, 4.69) is 15.4 Å². The fraction of sp³-hybridized carbons (Fsp3) is 0.300. The van der Waals surface area contributed by atoms with Gasteiger partial charge in [-0.2, -0.15) is 10.4 Å². The maximum atomic E-state index is 12.9. The van der Waals surface area contributed by atoms with Crippen molar-refractivity contribution in [2.24, 2.45) is 0 Å². The highest BCUT2D eigenvalue weighted by molar-refractivity contribution is 5.58. The summed E-state index contributed by atoms with van der Waals surface area (Å²) in [6.07, 6.45) is -0.973. The Morgan fingerprint density at radius 1 is 1.59 bits per heavy atom. The first-order valence-electron chi connectivity index (χ1n) is 5.01. The molecule has 0 amide bonds. The van der Waals surface area contributed by atoms with Crippen molar-refractivity contribution in [3.05, 3.63) is 23.7 Å². The maximum Gasteiger partial charge on any atom is 0.248 e. The molecule has 0 radical (unpaired) electrons. The molecule has 1 N–H and O–H groups in total. The molecule has 0 spiro atoms. The Morgan fingerprint density at radius 3 is 3.12 bits per heavy atom. The molecular formula is C10H7F2N5. The van der Waals surface area contributed by atoms with Gasteiger partial charge in [-0.15, -0.1) is 0 Å². The fourth-order valence-corrected chi connectivity index (χ4v) is 2.02. The molecule has 1 unspecified atom stereocenters. The normalized spacial score (nSPS) is 18.1. The van der Waals surface area contributed by atoms with Crippen LogP contribution in [0.15, 0.2) is 12.3 Å². The Labute approximate surface area is 94.7 Å². The minimum absolute atomic E-state index is 0.162. The lowest BCUT2D eigenvalue weighted by molar-refractivity contribution is 0.119. The predicted octanol–water partition coefficient (Wildman–Crippen LogP) is 1.38. The van der Waals surface area contributed by atoms with Crippen molar-refractivity contribution in [3.63, 3.8) is 0 Å². The van der Waals surface area contributed by atoms with Gasteiger partial charge in [0, 0.05) is 12.6 Å². The summed E-state index contributed by atoms with van der Waals surface area (Å²) in [7, 11) is 0. The number of hydrogen-bond acceptors (Lipinski definition) is 4. The molecule has 2 aromatic rings. The standard InChI is InChI=1S/C10H7F2N5/c11-10(12)6-3-14-7-4-15-8-1-5(2-13)16-17(8)9(6)7/h1,4,6,10,14H,3H2. The first-order chi connectivity index (χ1) is 8.20. The molecule has 1 aliphatic rings. The minimum atomic E-state index is -2.47. The average molecular weight is 235 g/mol. The first-order valence-corrected chi connectivity index (χ1v) is 5.01. The number of aromatic nitrogens is 3. The predicted molar refractivity (Wildman–Crippen MR) is 54.9 cm³/mol. The summed E-state index contributed by atoms with van der Waals surface area (Å²) in [6.45, 7) is 0.162. The van der Waals surface area contributed by atoms with Crippen LogP contribution in [0, 0.1) is 11.3 Å². The van der Waals surface area contributed by atoms with Gasteiger partial charge in [0.25, 0.3) is 0 Å². The minimum Gasteiger partial charge on any atom is -0.381 e. The number of halogens is 2. The van der Waals surface area contributed by atoms with Gasteiger partial charge in [0.15, 0.2) is 11.3 Å². The van der Waals surface area contributed by atoms with E-state index >= 15 is 0 Å². The average Bonchev–Trinajstić information content (AvgIpc) is 2.91. The molecule has 7 heteroatoms. The van der Waals surface area contributed by atoms with E-state index in [9.17, 15) is 8.78 Å². The third-order valence-electron chi connectivity index (χ3n) is 2.80. The number of alkyl halides is 2. The van der Waals surface area contributed by atoms with E-state index in [1.807, 2.05) is 6.07 Å². The second-order valence-electron chi connectivity index (χ2n) is 3.79. The lowest BCUT2D eigenvalue weighted by Gasteiger charge is -2.09. The Bertz CT molecular complexity index is 627. The van der Waals surface area contributed by atoms with Gasteiger partial charge >= 0.3 is 0 Å². The molecule has 1 aliphatic heterocycles. The van der Waals surface area contributed by atoms with Crippen LogP contribution < -0.4 is 5.32 Å². The quantitative estimate of drug-likeness (QED) is 0.810. The van der Waals surface area contributed by atoms with Crippen molar-refractivity contribution in [3.8, 4) is 6.07 Å². The Kier molecular flexibility index (Phi) is 1.98. The molecule has 0 bridgehead atoms. The topological polar surface area (TPSA) is 66.0 Å². The summed E-state index contributed by atoms with van der Waals surface area (Å²) < 4.78 is 27.1. The first kappa shape index (κ1) is 9.96. The van der Waals surface area contributed by atoms with E-state index < -0.39 is 12.3 Å². The van der Waals surface area contributed by atoms with E-state index in [1.165, 1.54) is 16.8 Å². The molecule has 0 aliphatic carbocycles. The van der Waals surface area contributed by atoms with Gasteiger partial charge in [0.05, 0.1) is 23.5 Å². The molecule has 5 nitrogen and oxygen atoms in total. The molecule has 17 heavy (non-hydrogen) atoms.